The van der Waals surface area contributed by atoms with Gasteiger partial charge in [-0.2, -0.15) is 0 Å². The van der Waals surface area contributed by atoms with Crippen molar-refractivity contribution in [1.29, 1.82) is 0 Å². The fourth-order valence-electron chi connectivity index (χ4n) is 8.09. The van der Waals surface area contributed by atoms with Crippen LogP contribution in [0.3, 0.4) is 0 Å². The fourth-order valence-corrected chi connectivity index (χ4v) is 8.09. The van der Waals surface area contributed by atoms with Crippen molar-refractivity contribution in [2.24, 2.45) is 5.41 Å². The Morgan fingerprint density at radius 3 is 1.13 bits per heavy atom. The van der Waals surface area contributed by atoms with Crippen LogP contribution in [0.1, 0.15) is 115 Å². The molecule has 2 aliphatic carbocycles. The van der Waals surface area contributed by atoms with Gasteiger partial charge in [-0.15, -0.1) is 0 Å². The Morgan fingerprint density at radius 2 is 0.822 bits per heavy atom. The van der Waals surface area contributed by atoms with E-state index in [0.717, 1.165) is 25.7 Å². The van der Waals surface area contributed by atoms with Crippen LogP contribution in [-0.2, 0) is 23.7 Å². The van der Waals surface area contributed by atoms with Crippen LogP contribution < -0.4 is 0 Å². The maximum absolute atomic E-state index is 2.52. The highest BCUT2D eigenvalue weighted by Gasteiger charge is 2.41. The van der Waals surface area contributed by atoms with Crippen LogP contribution in [0, 0.1) is 5.41 Å². The van der Waals surface area contributed by atoms with E-state index in [2.05, 4.69) is 154 Å². The maximum atomic E-state index is 2.52. The van der Waals surface area contributed by atoms with Gasteiger partial charge in [-0.05, 0) is 103 Å². The van der Waals surface area contributed by atoms with Gasteiger partial charge in [0.05, 0.1) is 0 Å². The lowest BCUT2D eigenvalue weighted by molar-refractivity contribution is 0.590. The molecule has 0 bridgehead atoms. The van der Waals surface area contributed by atoms with Crippen molar-refractivity contribution in [2.75, 3.05) is 0 Å². The van der Waals surface area contributed by atoms with Gasteiger partial charge in [-0.1, -0.05) is 165 Å². The van der Waals surface area contributed by atoms with E-state index < -0.39 is 0 Å². The zero-order valence-corrected chi connectivity index (χ0v) is 29.4. The summed E-state index contributed by atoms with van der Waals surface area (Å²) in [7, 11) is 0. The molecule has 0 fully saturated rings. The number of fused-ring (bicyclic) bond motifs is 2. The molecular weight excluding hydrogens is 540 g/mol. The summed E-state index contributed by atoms with van der Waals surface area (Å²) >= 11 is 0. The molecule has 0 spiro atoms. The Kier molecular flexibility index (Phi) is 7.88. The topological polar surface area (TPSA) is 0 Å². The molecule has 6 rings (SSSR count). The molecule has 0 saturated carbocycles. The van der Waals surface area contributed by atoms with Gasteiger partial charge in [0, 0.05) is 5.41 Å². The first kappa shape index (κ1) is 31.3. The third kappa shape index (κ3) is 5.45. The van der Waals surface area contributed by atoms with E-state index in [9.17, 15) is 0 Å². The second-order valence-corrected chi connectivity index (χ2v) is 16.0. The zero-order valence-electron chi connectivity index (χ0n) is 29.4. The molecule has 0 heterocycles. The van der Waals surface area contributed by atoms with Gasteiger partial charge in [0.25, 0.3) is 0 Å². The standard InChI is InChI=1S/C45H52/c1-11-29-27-33-15-13-17-37(31-19-23-35(24-20-31)43(3,4)5)39(33)41(29)45(9,10)42-30(12-2)28-34-16-14-18-38(40(34)42)32-21-25-36(26-22-32)44(6,7)8/h13-26H,11-12,27-28H2,1-10H3. The summed E-state index contributed by atoms with van der Waals surface area (Å²) in [5.41, 5.74) is 20.5. The van der Waals surface area contributed by atoms with Crippen molar-refractivity contribution in [1.82, 2.24) is 0 Å². The van der Waals surface area contributed by atoms with E-state index in [1.54, 1.807) is 22.3 Å². The maximum Gasteiger partial charge on any atom is 0.0158 e. The summed E-state index contributed by atoms with van der Waals surface area (Å²) in [5, 5.41) is 0. The van der Waals surface area contributed by atoms with Gasteiger partial charge in [-0.25, -0.2) is 0 Å². The highest BCUT2D eigenvalue weighted by Crippen LogP contribution is 2.58. The second-order valence-electron chi connectivity index (χ2n) is 16.0. The third-order valence-corrected chi connectivity index (χ3v) is 10.5. The Labute approximate surface area is 273 Å². The molecule has 0 atom stereocenters. The van der Waals surface area contributed by atoms with Crippen LogP contribution in [0.25, 0.3) is 33.4 Å². The molecule has 0 aliphatic heterocycles. The molecule has 4 aromatic carbocycles. The number of rotatable bonds is 6. The minimum Gasteiger partial charge on any atom is -0.0616 e. The van der Waals surface area contributed by atoms with E-state index in [-0.39, 0.29) is 16.2 Å². The van der Waals surface area contributed by atoms with Gasteiger partial charge in [-0.3, -0.25) is 0 Å². The van der Waals surface area contributed by atoms with Gasteiger partial charge in [0.2, 0.25) is 0 Å². The lowest BCUT2D eigenvalue weighted by Crippen LogP contribution is -2.18. The molecule has 45 heavy (non-hydrogen) atoms. The molecule has 2 aliphatic rings. The van der Waals surface area contributed by atoms with Crippen molar-refractivity contribution in [2.45, 2.75) is 106 Å². The highest BCUT2D eigenvalue weighted by atomic mass is 14.4. The van der Waals surface area contributed by atoms with Crippen LogP contribution in [0.5, 0.6) is 0 Å². The number of hydrogen-bond acceptors (Lipinski definition) is 0. The van der Waals surface area contributed by atoms with Crippen molar-refractivity contribution < 1.29 is 0 Å². The minimum atomic E-state index is -0.143. The summed E-state index contributed by atoms with van der Waals surface area (Å²) in [6.45, 7) is 23.5. The molecule has 0 N–H and O–H groups in total. The zero-order chi connectivity index (χ0) is 32.3. The largest absolute Gasteiger partial charge is 0.0616 e. The van der Waals surface area contributed by atoms with Crippen LogP contribution in [0.15, 0.2) is 96.1 Å². The van der Waals surface area contributed by atoms with Crippen molar-refractivity contribution in [3.63, 3.8) is 0 Å². The summed E-state index contributed by atoms with van der Waals surface area (Å²) < 4.78 is 0. The van der Waals surface area contributed by atoms with E-state index in [4.69, 9.17) is 0 Å². The predicted octanol–water partition coefficient (Wildman–Crippen LogP) is 12.8. The number of benzene rings is 4. The minimum absolute atomic E-state index is 0.142. The predicted molar refractivity (Wildman–Crippen MR) is 197 cm³/mol. The van der Waals surface area contributed by atoms with Crippen LogP contribution in [0.4, 0.5) is 0 Å². The normalized spacial score (nSPS) is 15.2. The molecule has 0 saturated heterocycles. The smallest absolute Gasteiger partial charge is 0.0158 e. The molecule has 0 amide bonds. The lowest BCUT2D eigenvalue weighted by Gasteiger charge is -2.34. The Morgan fingerprint density at radius 1 is 0.467 bits per heavy atom. The van der Waals surface area contributed by atoms with E-state index in [1.165, 1.54) is 55.6 Å². The average Bonchev–Trinajstić information content (AvgIpc) is 3.60. The molecule has 0 unspecified atom stereocenters. The molecule has 232 valence electrons. The highest BCUT2D eigenvalue weighted by molar-refractivity contribution is 6.00. The van der Waals surface area contributed by atoms with Gasteiger partial charge in [0.15, 0.2) is 0 Å². The quantitative estimate of drug-likeness (QED) is 0.209. The van der Waals surface area contributed by atoms with Crippen LogP contribution in [0.2, 0.25) is 0 Å². The van der Waals surface area contributed by atoms with Crippen LogP contribution >= 0.6 is 0 Å². The Hall–Kier alpha value is -3.64. The summed E-state index contributed by atoms with van der Waals surface area (Å²) in [5.74, 6) is 0. The number of hydrogen-bond donors (Lipinski definition) is 0. The number of allylic oxidation sites excluding steroid dienone is 4. The van der Waals surface area contributed by atoms with Crippen molar-refractivity contribution in [3.05, 3.63) is 129 Å². The Balaban J connectivity index is 1.52. The summed E-state index contributed by atoms with van der Waals surface area (Å²) in [4.78, 5) is 0. The van der Waals surface area contributed by atoms with E-state index >= 15 is 0 Å². The van der Waals surface area contributed by atoms with Crippen molar-refractivity contribution in [3.8, 4) is 22.3 Å². The molecule has 0 heteroatoms. The van der Waals surface area contributed by atoms with E-state index in [0.29, 0.717) is 0 Å². The van der Waals surface area contributed by atoms with E-state index in [1.807, 2.05) is 0 Å². The van der Waals surface area contributed by atoms with Gasteiger partial charge in [0.1, 0.15) is 0 Å². The SMILES string of the molecule is CCC1=C(C(C)(C)C2=C(CC)Cc3cccc(-c4ccc(C(C)(C)C)cc4)c32)c2c(cccc2-c2ccc(C(C)(C)C)cc2)C1. The Bertz CT molecular complexity index is 1670. The lowest BCUT2D eigenvalue weighted by atomic mass is 9.69. The third-order valence-electron chi connectivity index (χ3n) is 10.5. The first-order chi connectivity index (χ1) is 21.3. The van der Waals surface area contributed by atoms with Gasteiger partial charge < -0.3 is 0 Å². The van der Waals surface area contributed by atoms with Crippen LogP contribution in [-0.4, -0.2) is 0 Å². The monoisotopic (exact) mass is 592 g/mol. The average molecular weight is 593 g/mol. The molecule has 4 aromatic rings. The molecule has 0 nitrogen and oxygen atoms in total. The van der Waals surface area contributed by atoms with Crippen molar-refractivity contribution >= 4 is 11.1 Å². The van der Waals surface area contributed by atoms with Gasteiger partial charge >= 0.3 is 0 Å². The first-order valence-corrected chi connectivity index (χ1v) is 17.2. The molecular formula is C45H52. The summed E-state index contributed by atoms with van der Waals surface area (Å²) in [6.07, 6.45) is 4.26. The summed E-state index contributed by atoms with van der Waals surface area (Å²) in [6, 6.07) is 32.8. The second kappa shape index (κ2) is 11.3. The molecule has 0 radical (unpaired) electrons. The molecule has 0 aromatic heterocycles. The first-order valence-electron chi connectivity index (χ1n) is 17.2. The fraction of sp³-hybridized carbons (Fsp3) is 0.378.